The molecule has 1 saturated heterocycles. The third-order valence-corrected chi connectivity index (χ3v) is 3.03. The summed E-state index contributed by atoms with van der Waals surface area (Å²) in [5.41, 5.74) is 1.36. The quantitative estimate of drug-likeness (QED) is 0.875. The van der Waals surface area contributed by atoms with Crippen LogP contribution in [-0.4, -0.2) is 41.1 Å². The minimum atomic E-state index is -0.347. The Morgan fingerprint density at radius 1 is 1.05 bits per heavy atom. The minimum Gasteiger partial charge on any atom is -0.338 e. The van der Waals surface area contributed by atoms with Crippen LogP contribution in [0.3, 0.4) is 0 Å². The molecule has 0 bridgehead atoms. The van der Waals surface area contributed by atoms with Gasteiger partial charge in [0, 0.05) is 32.4 Å². The second-order valence-corrected chi connectivity index (χ2v) is 4.34. The number of hydrogen-bond acceptors (Lipinski definition) is 5. The molecule has 1 fully saturated rings. The molecule has 2 aromatic rings. The SMILES string of the molecule is Fc1ccc(-c2ccnc(N3CCNCC3)n2)nc1. The molecule has 1 N–H and O–H groups in total. The molecule has 5 nitrogen and oxygen atoms in total. The zero-order valence-electron chi connectivity index (χ0n) is 10.4. The second kappa shape index (κ2) is 5.27. The maximum absolute atomic E-state index is 12.9. The van der Waals surface area contributed by atoms with Crippen molar-refractivity contribution in [3.63, 3.8) is 0 Å². The lowest BCUT2D eigenvalue weighted by Gasteiger charge is -2.27. The Labute approximate surface area is 110 Å². The van der Waals surface area contributed by atoms with Crippen molar-refractivity contribution < 1.29 is 4.39 Å². The van der Waals surface area contributed by atoms with Gasteiger partial charge in [0.25, 0.3) is 0 Å². The summed E-state index contributed by atoms with van der Waals surface area (Å²) >= 11 is 0. The van der Waals surface area contributed by atoms with Crippen LogP contribution in [0.15, 0.2) is 30.6 Å². The second-order valence-electron chi connectivity index (χ2n) is 4.34. The molecule has 1 aliphatic rings. The van der Waals surface area contributed by atoms with Crippen LogP contribution >= 0.6 is 0 Å². The third-order valence-electron chi connectivity index (χ3n) is 3.03. The molecule has 1 aliphatic heterocycles. The molecule has 19 heavy (non-hydrogen) atoms. The summed E-state index contributed by atoms with van der Waals surface area (Å²) in [5.74, 6) is 0.352. The molecule has 0 atom stereocenters. The summed E-state index contributed by atoms with van der Waals surface area (Å²) in [6.45, 7) is 3.64. The van der Waals surface area contributed by atoms with Gasteiger partial charge in [-0.3, -0.25) is 4.98 Å². The smallest absolute Gasteiger partial charge is 0.225 e. The van der Waals surface area contributed by atoms with E-state index in [0.29, 0.717) is 17.3 Å². The highest BCUT2D eigenvalue weighted by Gasteiger charge is 2.13. The van der Waals surface area contributed by atoms with Crippen molar-refractivity contribution >= 4 is 5.95 Å². The Kier molecular flexibility index (Phi) is 3.33. The number of pyridine rings is 1. The van der Waals surface area contributed by atoms with Gasteiger partial charge in [0.1, 0.15) is 5.82 Å². The average Bonchev–Trinajstić information content (AvgIpc) is 2.49. The van der Waals surface area contributed by atoms with Crippen molar-refractivity contribution in [3.05, 3.63) is 36.4 Å². The largest absolute Gasteiger partial charge is 0.338 e. The number of anilines is 1. The van der Waals surface area contributed by atoms with E-state index in [2.05, 4.69) is 25.2 Å². The van der Waals surface area contributed by atoms with Gasteiger partial charge >= 0.3 is 0 Å². The van der Waals surface area contributed by atoms with Crippen LogP contribution in [0.4, 0.5) is 10.3 Å². The predicted octanol–water partition coefficient (Wildman–Crippen LogP) is 1.09. The van der Waals surface area contributed by atoms with Crippen molar-refractivity contribution in [1.82, 2.24) is 20.3 Å². The van der Waals surface area contributed by atoms with E-state index in [1.165, 1.54) is 12.3 Å². The van der Waals surface area contributed by atoms with E-state index < -0.39 is 0 Å². The van der Waals surface area contributed by atoms with Gasteiger partial charge in [-0.15, -0.1) is 0 Å². The highest BCUT2D eigenvalue weighted by molar-refractivity contribution is 5.55. The van der Waals surface area contributed by atoms with E-state index in [0.717, 1.165) is 26.2 Å². The maximum atomic E-state index is 12.9. The number of piperazine rings is 1. The lowest BCUT2D eigenvalue weighted by atomic mass is 10.2. The topological polar surface area (TPSA) is 53.9 Å². The summed E-state index contributed by atoms with van der Waals surface area (Å²) < 4.78 is 12.9. The van der Waals surface area contributed by atoms with E-state index in [1.807, 2.05) is 0 Å². The van der Waals surface area contributed by atoms with Gasteiger partial charge in [-0.1, -0.05) is 0 Å². The summed E-state index contributed by atoms with van der Waals surface area (Å²) in [5, 5.41) is 3.29. The van der Waals surface area contributed by atoms with Crippen molar-refractivity contribution in [3.8, 4) is 11.4 Å². The van der Waals surface area contributed by atoms with E-state index in [1.54, 1.807) is 18.3 Å². The molecular weight excluding hydrogens is 245 g/mol. The molecule has 3 rings (SSSR count). The van der Waals surface area contributed by atoms with Gasteiger partial charge in [-0.25, -0.2) is 14.4 Å². The van der Waals surface area contributed by atoms with Gasteiger partial charge in [0.2, 0.25) is 5.95 Å². The normalized spacial score (nSPS) is 15.5. The van der Waals surface area contributed by atoms with Crippen LogP contribution in [0.25, 0.3) is 11.4 Å². The molecule has 0 aliphatic carbocycles. The van der Waals surface area contributed by atoms with Gasteiger partial charge in [0.15, 0.2) is 0 Å². The minimum absolute atomic E-state index is 0.347. The van der Waals surface area contributed by atoms with E-state index >= 15 is 0 Å². The lowest BCUT2D eigenvalue weighted by molar-refractivity contribution is 0.580. The zero-order valence-corrected chi connectivity index (χ0v) is 10.4. The summed E-state index contributed by atoms with van der Waals surface area (Å²) in [7, 11) is 0. The van der Waals surface area contributed by atoms with Crippen LogP contribution < -0.4 is 10.2 Å². The molecule has 3 heterocycles. The first kappa shape index (κ1) is 12.0. The van der Waals surface area contributed by atoms with E-state index in [-0.39, 0.29) is 5.82 Å². The van der Waals surface area contributed by atoms with Gasteiger partial charge < -0.3 is 10.2 Å². The molecule has 0 amide bonds. The average molecular weight is 259 g/mol. The standard InChI is InChI=1S/C13H14FN5/c14-10-1-2-11(17-9-10)12-3-4-16-13(18-12)19-7-5-15-6-8-19/h1-4,9,15H,5-8H2. The number of halogens is 1. The van der Waals surface area contributed by atoms with E-state index in [9.17, 15) is 4.39 Å². The number of rotatable bonds is 2. The Balaban J connectivity index is 1.88. The Bertz CT molecular complexity index is 551. The molecule has 2 aromatic heterocycles. The van der Waals surface area contributed by atoms with Gasteiger partial charge in [-0.2, -0.15) is 0 Å². The fourth-order valence-electron chi connectivity index (χ4n) is 2.04. The number of nitrogens with one attached hydrogen (secondary N) is 1. The number of hydrogen-bond donors (Lipinski definition) is 1. The van der Waals surface area contributed by atoms with Crippen molar-refractivity contribution in [2.24, 2.45) is 0 Å². The van der Waals surface area contributed by atoms with Gasteiger partial charge in [-0.05, 0) is 18.2 Å². The molecule has 0 radical (unpaired) electrons. The first-order valence-electron chi connectivity index (χ1n) is 6.23. The molecule has 0 aromatic carbocycles. The third kappa shape index (κ3) is 2.68. The Morgan fingerprint density at radius 3 is 2.63 bits per heavy atom. The Morgan fingerprint density at radius 2 is 1.89 bits per heavy atom. The van der Waals surface area contributed by atoms with Crippen molar-refractivity contribution in [2.45, 2.75) is 0 Å². The summed E-state index contributed by atoms with van der Waals surface area (Å²) in [4.78, 5) is 15.0. The highest BCUT2D eigenvalue weighted by Crippen LogP contribution is 2.17. The highest BCUT2D eigenvalue weighted by atomic mass is 19.1. The van der Waals surface area contributed by atoms with Crippen molar-refractivity contribution in [1.29, 1.82) is 0 Å². The monoisotopic (exact) mass is 259 g/mol. The van der Waals surface area contributed by atoms with Crippen LogP contribution in [0.1, 0.15) is 0 Å². The van der Waals surface area contributed by atoms with E-state index in [4.69, 9.17) is 0 Å². The lowest BCUT2D eigenvalue weighted by Crippen LogP contribution is -2.44. The summed E-state index contributed by atoms with van der Waals surface area (Å²) in [6.07, 6.45) is 2.91. The first-order valence-corrected chi connectivity index (χ1v) is 6.23. The molecule has 0 saturated carbocycles. The summed E-state index contributed by atoms with van der Waals surface area (Å²) in [6, 6.07) is 4.79. The number of aromatic nitrogens is 3. The fraction of sp³-hybridized carbons (Fsp3) is 0.308. The Hall–Kier alpha value is -2.08. The fourth-order valence-corrected chi connectivity index (χ4v) is 2.04. The molecule has 0 unspecified atom stereocenters. The molecule has 98 valence electrons. The van der Waals surface area contributed by atoms with Crippen LogP contribution in [0.5, 0.6) is 0 Å². The van der Waals surface area contributed by atoms with Gasteiger partial charge in [0.05, 0.1) is 17.6 Å². The molecule has 0 spiro atoms. The van der Waals surface area contributed by atoms with Crippen LogP contribution in [-0.2, 0) is 0 Å². The maximum Gasteiger partial charge on any atom is 0.225 e. The zero-order chi connectivity index (χ0) is 13.1. The van der Waals surface area contributed by atoms with Crippen LogP contribution in [0, 0.1) is 5.82 Å². The predicted molar refractivity (Wildman–Crippen MR) is 70.3 cm³/mol. The first-order chi connectivity index (χ1) is 9.33. The molecular formula is C13H14FN5. The van der Waals surface area contributed by atoms with Crippen molar-refractivity contribution in [2.75, 3.05) is 31.1 Å². The molecule has 6 heteroatoms. The van der Waals surface area contributed by atoms with Crippen LogP contribution in [0.2, 0.25) is 0 Å². The number of nitrogens with zero attached hydrogens (tertiary/aromatic N) is 4.